The Morgan fingerprint density at radius 3 is 2.93 bits per heavy atom. The fourth-order valence-electron chi connectivity index (χ4n) is 2.71. The smallest absolute Gasteiger partial charge is 0.120 e. The number of fused-ring (bicyclic) bond motifs is 2. The quantitative estimate of drug-likeness (QED) is 0.732. The predicted octanol–water partition coefficient (Wildman–Crippen LogP) is 0.298. The third-order valence-electron chi connectivity index (χ3n) is 3.41. The molecule has 76 valence electrons. The number of imidazole rings is 1. The molecule has 3 aliphatic heterocycles. The van der Waals surface area contributed by atoms with Gasteiger partial charge in [-0.05, 0) is 13.5 Å². The molecular formula is C10H16N4. The van der Waals surface area contributed by atoms with E-state index in [9.17, 15) is 0 Å². The molecule has 1 N–H and O–H groups in total. The Morgan fingerprint density at radius 1 is 1.50 bits per heavy atom. The van der Waals surface area contributed by atoms with Crippen molar-refractivity contribution in [3.05, 3.63) is 18.2 Å². The maximum Gasteiger partial charge on any atom is 0.120 e. The van der Waals surface area contributed by atoms with Crippen molar-refractivity contribution >= 4 is 0 Å². The van der Waals surface area contributed by atoms with Crippen molar-refractivity contribution in [1.82, 2.24) is 19.8 Å². The van der Waals surface area contributed by atoms with Gasteiger partial charge < -0.3 is 9.88 Å². The number of aromatic amines is 1. The van der Waals surface area contributed by atoms with E-state index in [0.717, 1.165) is 24.5 Å². The number of rotatable bonds is 2. The number of likely N-dealkylation sites (N-methyl/N-ethyl adjacent to an activating group) is 1. The minimum atomic E-state index is 0.767. The van der Waals surface area contributed by atoms with Crippen molar-refractivity contribution in [2.24, 2.45) is 0 Å². The zero-order valence-corrected chi connectivity index (χ0v) is 8.48. The third-order valence-corrected chi connectivity index (χ3v) is 3.41. The van der Waals surface area contributed by atoms with Gasteiger partial charge in [-0.2, -0.15) is 0 Å². The molecule has 2 atom stereocenters. The summed E-state index contributed by atoms with van der Waals surface area (Å²) >= 11 is 0. The van der Waals surface area contributed by atoms with Gasteiger partial charge in [-0.1, -0.05) is 0 Å². The first kappa shape index (κ1) is 8.44. The lowest BCUT2D eigenvalue weighted by Gasteiger charge is -2.55. The van der Waals surface area contributed by atoms with Crippen molar-refractivity contribution in [2.75, 3.05) is 20.1 Å². The predicted molar refractivity (Wildman–Crippen MR) is 53.8 cm³/mol. The lowest BCUT2D eigenvalue weighted by molar-refractivity contribution is -0.0681. The van der Waals surface area contributed by atoms with Gasteiger partial charge >= 0.3 is 0 Å². The van der Waals surface area contributed by atoms with E-state index in [1.165, 1.54) is 19.5 Å². The van der Waals surface area contributed by atoms with Crippen LogP contribution in [0.3, 0.4) is 0 Å². The van der Waals surface area contributed by atoms with E-state index >= 15 is 0 Å². The maximum absolute atomic E-state index is 4.27. The van der Waals surface area contributed by atoms with Gasteiger partial charge in [0, 0.05) is 37.6 Å². The standard InChI is InChI=1S/C10H16N4/c1-13-5-8-4-9(6-13)14(8)7-10-11-2-3-12-10/h2-3,8-9H,4-7H2,1H3,(H,11,12). The molecule has 4 heterocycles. The fraction of sp³-hybridized carbons (Fsp3) is 0.700. The number of nitrogens with zero attached hydrogens (tertiary/aromatic N) is 3. The Labute approximate surface area is 83.9 Å². The first-order valence-corrected chi connectivity index (χ1v) is 5.25. The van der Waals surface area contributed by atoms with Gasteiger partial charge in [-0.3, -0.25) is 4.90 Å². The minimum absolute atomic E-state index is 0.767. The highest BCUT2D eigenvalue weighted by Gasteiger charge is 2.43. The zero-order valence-electron chi connectivity index (χ0n) is 8.48. The third kappa shape index (κ3) is 1.26. The molecule has 0 aromatic carbocycles. The molecule has 3 saturated heterocycles. The molecule has 0 spiro atoms. The highest BCUT2D eigenvalue weighted by molar-refractivity contribution is 5.02. The Balaban J connectivity index is 1.66. The average molecular weight is 192 g/mol. The van der Waals surface area contributed by atoms with Crippen LogP contribution in [0, 0.1) is 0 Å². The van der Waals surface area contributed by atoms with Crippen molar-refractivity contribution in [1.29, 1.82) is 0 Å². The summed E-state index contributed by atoms with van der Waals surface area (Å²) in [5, 5.41) is 0. The molecule has 0 saturated carbocycles. The SMILES string of the molecule is CN1CC2CC(C1)N2Cc1ncc[nH]1. The number of aromatic nitrogens is 2. The topological polar surface area (TPSA) is 35.2 Å². The summed E-state index contributed by atoms with van der Waals surface area (Å²) in [5.74, 6) is 1.10. The monoisotopic (exact) mass is 192 g/mol. The summed E-state index contributed by atoms with van der Waals surface area (Å²) in [6.45, 7) is 3.44. The second-order valence-corrected chi connectivity index (χ2v) is 4.47. The van der Waals surface area contributed by atoms with E-state index in [1.54, 1.807) is 0 Å². The Bertz CT molecular complexity index is 296. The molecule has 14 heavy (non-hydrogen) atoms. The van der Waals surface area contributed by atoms with Gasteiger partial charge in [-0.15, -0.1) is 0 Å². The van der Waals surface area contributed by atoms with Crippen LogP contribution in [0.25, 0.3) is 0 Å². The van der Waals surface area contributed by atoms with E-state index < -0.39 is 0 Å². The molecule has 3 aliphatic rings. The number of hydrogen-bond donors (Lipinski definition) is 1. The molecule has 0 aliphatic carbocycles. The summed E-state index contributed by atoms with van der Waals surface area (Å²) in [6.07, 6.45) is 5.11. The van der Waals surface area contributed by atoms with Crippen LogP contribution in [0.4, 0.5) is 0 Å². The number of nitrogens with one attached hydrogen (secondary N) is 1. The largest absolute Gasteiger partial charge is 0.348 e. The fourth-order valence-corrected chi connectivity index (χ4v) is 2.71. The minimum Gasteiger partial charge on any atom is -0.348 e. The molecule has 0 amide bonds. The Hall–Kier alpha value is -0.870. The summed E-state index contributed by atoms with van der Waals surface area (Å²) in [5.41, 5.74) is 0. The van der Waals surface area contributed by atoms with E-state index in [0.29, 0.717) is 0 Å². The van der Waals surface area contributed by atoms with Gasteiger partial charge in [-0.25, -0.2) is 4.98 Å². The number of piperidine rings is 1. The van der Waals surface area contributed by atoms with E-state index in [1.807, 2.05) is 12.4 Å². The average Bonchev–Trinajstić information content (AvgIpc) is 2.66. The number of H-pyrrole nitrogens is 1. The first-order valence-electron chi connectivity index (χ1n) is 5.25. The van der Waals surface area contributed by atoms with Crippen LogP contribution in [-0.2, 0) is 6.54 Å². The summed E-state index contributed by atoms with van der Waals surface area (Å²) in [6, 6.07) is 1.53. The highest BCUT2D eigenvalue weighted by atomic mass is 15.4. The van der Waals surface area contributed by atoms with E-state index in [4.69, 9.17) is 0 Å². The molecule has 4 heteroatoms. The molecular weight excluding hydrogens is 176 g/mol. The first-order chi connectivity index (χ1) is 6.83. The van der Waals surface area contributed by atoms with E-state index in [2.05, 4.69) is 26.8 Å². The zero-order chi connectivity index (χ0) is 9.54. The second kappa shape index (κ2) is 3.07. The molecule has 3 fully saturated rings. The van der Waals surface area contributed by atoms with Gasteiger partial charge in [0.05, 0.1) is 6.54 Å². The molecule has 1 aromatic rings. The maximum atomic E-state index is 4.27. The van der Waals surface area contributed by atoms with Gasteiger partial charge in [0.15, 0.2) is 0 Å². The van der Waals surface area contributed by atoms with Crippen LogP contribution < -0.4 is 0 Å². The second-order valence-electron chi connectivity index (χ2n) is 4.47. The van der Waals surface area contributed by atoms with Crippen molar-refractivity contribution in [3.63, 3.8) is 0 Å². The molecule has 0 radical (unpaired) electrons. The van der Waals surface area contributed by atoms with Crippen molar-refractivity contribution < 1.29 is 0 Å². The Morgan fingerprint density at radius 2 is 2.29 bits per heavy atom. The molecule has 4 nitrogen and oxygen atoms in total. The molecule has 4 rings (SSSR count). The van der Waals surface area contributed by atoms with Gasteiger partial charge in [0.2, 0.25) is 0 Å². The van der Waals surface area contributed by atoms with Gasteiger partial charge in [0.25, 0.3) is 0 Å². The van der Waals surface area contributed by atoms with Crippen molar-refractivity contribution in [2.45, 2.75) is 25.0 Å². The van der Waals surface area contributed by atoms with Crippen LogP contribution in [0.5, 0.6) is 0 Å². The molecule has 1 aromatic heterocycles. The number of hydrogen-bond acceptors (Lipinski definition) is 3. The van der Waals surface area contributed by atoms with Crippen LogP contribution in [0.2, 0.25) is 0 Å². The normalized spacial score (nSPS) is 32.9. The van der Waals surface area contributed by atoms with Crippen LogP contribution in [0.1, 0.15) is 12.2 Å². The summed E-state index contributed by atoms with van der Waals surface area (Å²) in [4.78, 5) is 12.4. The van der Waals surface area contributed by atoms with E-state index in [-0.39, 0.29) is 0 Å². The van der Waals surface area contributed by atoms with Crippen LogP contribution >= 0.6 is 0 Å². The lowest BCUT2D eigenvalue weighted by Crippen LogP contribution is -2.67. The van der Waals surface area contributed by atoms with Crippen LogP contribution in [-0.4, -0.2) is 52.0 Å². The Kier molecular flexibility index (Phi) is 1.85. The summed E-state index contributed by atoms with van der Waals surface area (Å²) < 4.78 is 0. The summed E-state index contributed by atoms with van der Waals surface area (Å²) in [7, 11) is 2.21. The van der Waals surface area contributed by atoms with Crippen molar-refractivity contribution in [3.8, 4) is 0 Å². The van der Waals surface area contributed by atoms with Crippen LogP contribution in [0.15, 0.2) is 12.4 Å². The molecule has 2 unspecified atom stereocenters. The highest BCUT2D eigenvalue weighted by Crippen LogP contribution is 2.32. The van der Waals surface area contributed by atoms with Gasteiger partial charge in [0.1, 0.15) is 5.82 Å². The lowest BCUT2D eigenvalue weighted by atomic mass is 9.88. The molecule has 2 bridgehead atoms. The number of piperazine rings is 1.